The first kappa shape index (κ1) is 14.8. The van der Waals surface area contributed by atoms with Crippen molar-refractivity contribution in [3.63, 3.8) is 0 Å². The van der Waals surface area contributed by atoms with E-state index >= 15 is 0 Å². The van der Waals surface area contributed by atoms with E-state index in [-0.39, 0.29) is 17.9 Å². The summed E-state index contributed by atoms with van der Waals surface area (Å²) in [6, 6.07) is 5.19. The zero-order valence-corrected chi connectivity index (χ0v) is 12.2. The van der Waals surface area contributed by atoms with Gasteiger partial charge in [0, 0.05) is 25.6 Å². The third-order valence-electron chi connectivity index (χ3n) is 3.40. The van der Waals surface area contributed by atoms with Gasteiger partial charge in [0.1, 0.15) is 10.8 Å². The number of carbonyl (C=O) groups is 2. The Morgan fingerprint density at radius 1 is 1.40 bits per heavy atom. The molecule has 0 saturated carbocycles. The molecular weight excluding hydrogens is 278 g/mol. The van der Waals surface area contributed by atoms with Crippen molar-refractivity contribution in [3.8, 4) is 0 Å². The normalized spacial score (nSPS) is 16.0. The Morgan fingerprint density at radius 2 is 2.10 bits per heavy atom. The van der Waals surface area contributed by atoms with Crippen LogP contribution in [0.25, 0.3) is 0 Å². The average molecular weight is 296 g/mol. The Morgan fingerprint density at radius 3 is 2.70 bits per heavy atom. The maximum Gasteiger partial charge on any atom is 0.272 e. The average Bonchev–Trinajstić information content (AvgIpc) is 2.47. The summed E-state index contributed by atoms with van der Waals surface area (Å²) >= 11 is 5.79. The zero-order valence-electron chi connectivity index (χ0n) is 11.4. The van der Waals surface area contributed by atoms with E-state index in [0.29, 0.717) is 30.4 Å². The molecule has 1 aliphatic rings. The second-order valence-electron chi connectivity index (χ2n) is 4.83. The lowest BCUT2D eigenvalue weighted by molar-refractivity contribution is -0.121. The summed E-state index contributed by atoms with van der Waals surface area (Å²) in [5.41, 5.74) is 0.369. The second-order valence-corrected chi connectivity index (χ2v) is 5.22. The topological polar surface area (TPSA) is 62.3 Å². The molecular formula is C14H18ClN3O2. The third-order valence-corrected chi connectivity index (χ3v) is 3.61. The van der Waals surface area contributed by atoms with Gasteiger partial charge in [0.25, 0.3) is 5.91 Å². The van der Waals surface area contributed by atoms with Crippen molar-refractivity contribution < 1.29 is 9.59 Å². The Labute approximate surface area is 123 Å². The Bertz CT molecular complexity index is 499. The molecule has 108 valence electrons. The smallest absolute Gasteiger partial charge is 0.272 e. The number of nitrogens with one attached hydrogen (secondary N) is 1. The minimum absolute atomic E-state index is 0.0614. The maximum absolute atomic E-state index is 12.3. The monoisotopic (exact) mass is 295 g/mol. The van der Waals surface area contributed by atoms with Gasteiger partial charge in [-0.3, -0.25) is 9.59 Å². The lowest BCUT2D eigenvalue weighted by Gasteiger charge is -2.32. The van der Waals surface area contributed by atoms with Crippen LogP contribution in [0.2, 0.25) is 5.15 Å². The molecule has 20 heavy (non-hydrogen) atoms. The molecule has 5 nitrogen and oxygen atoms in total. The van der Waals surface area contributed by atoms with Crippen LogP contribution in [0.5, 0.6) is 0 Å². The molecule has 0 aromatic carbocycles. The van der Waals surface area contributed by atoms with Gasteiger partial charge in [-0.05, 0) is 25.0 Å². The quantitative estimate of drug-likeness (QED) is 0.866. The van der Waals surface area contributed by atoms with E-state index in [0.717, 1.165) is 12.8 Å². The van der Waals surface area contributed by atoms with Crippen LogP contribution in [0.15, 0.2) is 18.2 Å². The van der Waals surface area contributed by atoms with Crippen LogP contribution in [0.4, 0.5) is 0 Å². The van der Waals surface area contributed by atoms with Crippen LogP contribution in [-0.2, 0) is 4.79 Å². The Kier molecular flexibility index (Phi) is 4.95. The van der Waals surface area contributed by atoms with Gasteiger partial charge < -0.3 is 10.2 Å². The zero-order chi connectivity index (χ0) is 14.5. The van der Waals surface area contributed by atoms with Gasteiger partial charge in [-0.2, -0.15) is 0 Å². The predicted octanol–water partition coefficient (Wildman–Crippen LogP) is 1.87. The molecule has 1 N–H and O–H groups in total. The number of hydrogen-bond donors (Lipinski definition) is 1. The van der Waals surface area contributed by atoms with Crippen LogP contribution < -0.4 is 5.32 Å². The van der Waals surface area contributed by atoms with Gasteiger partial charge >= 0.3 is 0 Å². The highest BCUT2D eigenvalue weighted by atomic mass is 35.5. The molecule has 0 bridgehead atoms. The summed E-state index contributed by atoms with van der Waals surface area (Å²) in [5.74, 6) is -0.0425. The molecule has 6 heteroatoms. The van der Waals surface area contributed by atoms with Crippen LogP contribution >= 0.6 is 11.6 Å². The molecule has 0 unspecified atom stereocenters. The van der Waals surface area contributed by atoms with E-state index in [2.05, 4.69) is 10.3 Å². The van der Waals surface area contributed by atoms with Gasteiger partial charge in [-0.25, -0.2) is 4.98 Å². The van der Waals surface area contributed by atoms with Gasteiger partial charge in [-0.1, -0.05) is 24.6 Å². The maximum atomic E-state index is 12.3. The van der Waals surface area contributed by atoms with Gasteiger partial charge in [0.2, 0.25) is 5.91 Å². The summed E-state index contributed by atoms with van der Waals surface area (Å²) in [4.78, 5) is 29.4. The van der Waals surface area contributed by atoms with Crippen molar-refractivity contribution in [2.45, 2.75) is 32.2 Å². The van der Waals surface area contributed by atoms with E-state index in [1.807, 2.05) is 6.92 Å². The number of nitrogens with zero attached hydrogens (tertiary/aromatic N) is 2. The number of rotatable bonds is 3. The van der Waals surface area contributed by atoms with E-state index in [1.54, 1.807) is 23.1 Å². The standard InChI is InChI=1S/C14H18ClN3O2/c1-2-13(19)16-10-6-8-18(9-7-10)14(20)11-4-3-5-12(15)17-11/h3-5,10H,2,6-9H2,1H3,(H,16,19). The number of hydrogen-bond acceptors (Lipinski definition) is 3. The van der Waals surface area contributed by atoms with E-state index < -0.39 is 0 Å². The minimum atomic E-state index is -0.104. The molecule has 2 heterocycles. The second kappa shape index (κ2) is 6.70. The Balaban J connectivity index is 1.90. The van der Waals surface area contributed by atoms with E-state index in [1.165, 1.54) is 0 Å². The first-order valence-electron chi connectivity index (χ1n) is 6.81. The molecule has 0 radical (unpaired) electrons. The molecule has 1 aromatic rings. The SMILES string of the molecule is CCC(=O)NC1CCN(C(=O)c2cccc(Cl)n2)CC1. The highest BCUT2D eigenvalue weighted by Crippen LogP contribution is 2.14. The number of aromatic nitrogens is 1. The number of piperidine rings is 1. The van der Waals surface area contributed by atoms with Crippen molar-refractivity contribution in [1.82, 2.24) is 15.2 Å². The highest BCUT2D eigenvalue weighted by molar-refractivity contribution is 6.29. The number of halogens is 1. The molecule has 1 aromatic heterocycles. The Hall–Kier alpha value is -1.62. The number of pyridine rings is 1. The summed E-state index contributed by atoms with van der Waals surface area (Å²) < 4.78 is 0. The third kappa shape index (κ3) is 3.70. The van der Waals surface area contributed by atoms with Crippen LogP contribution in [0.3, 0.4) is 0 Å². The molecule has 1 fully saturated rings. The van der Waals surface area contributed by atoms with E-state index in [9.17, 15) is 9.59 Å². The summed E-state index contributed by atoms with van der Waals surface area (Å²) in [6.45, 7) is 3.09. The van der Waals surface area contributed by atoms with Crippen molar-refractivity contribution in [2.75, 3.05) is 13.1 Å². The first-order valence-corrected chi connectivity index (χ1v) is 7.19. The van der Waals surface area contributed by atoms with Crippen molar-refractivity contribution in [2.24, 2.45) is 0 Å². The van der Waals surface area contributed by atoms with Crippen molar-refractivity contribution in [1.29, 1.82) is 0 Å². The highest BCUT2D eigenvalue weighted by Gasteiger charge is 2.24. The number of amides is 2. The fraction of sp³-hybridized carbons (Fsp3) is 0.500. The number of carbonyl (C=O) groups excluding carboxylic acids is 2. The van der Waals surface area contributed by atoms with Crippen LogP contribution in [0, 0.1) is 0 Å². The van der Waals surface area contributed by atoms with E-state index in [4.69, 9.17) is 11.6 Å². The molecule has 1 aliphatic heterocycles. The van der Waals surface area contributed by atoms with Crippen LogP contribution in [-0.4, -0.2) is 40.8 Å². The molecule has 0 atom stereocenters. The van der Waals surface area contributed by atoms with Gasteiger partial charge in [0.15, 0.2) is 0 Å². The summed E-state index contributed by atoms with van der Waals surface area (Å²) in [7, 11) is 0. The lowest BCUT2D eigenvalue weighted by Crippen LogP contribution is -2.46. The number of likely N-dealkylation sites (tertiary alicyclic amines) is 1. The largest absolute Gasteiger partial charge is 0.353 e. The minimum Gasteiger partial charge on any atom is -0.353 e. The fourth-order valence-corrected chi connectivity index (χ4v) is 2.41. The van der Waals surface area contributed by atoms with Gasteiger partial charge in [-0.15, -0.1) is 0 Å². The molecule has 1 saturated heterocycles. The molecule has 0 spiro atoms. The summed E-state index contributed by atoms with van der Waals surface area (Å²) in [6.07, 6.45) is 2.04. The van der Waals surface area contributed by atoms with Gasteiger partial charge in [0.05, 0.1) is 0 Å². The summed E-state index contributed by atoms with van der Waals surface area (Å²) in [5, 5.41) is 3.28. The fourth-order valence-electron chi connectivity index (χ4n) is 2.25. The molecule has 0 aliphatic carbocycles. The van der Waals surface area contributed by atoms with Crippen molar-refractivity contribution >= 4 is 23.4 Å². The predicted molar refractivity (Wildman–Crippen MR) is 76.6 cm³/mol. The van der Waals surface area contributed by atoms with Crippen LogP contribution in [0.1, 0.15) is 36.7 Å². The lowest BCUT2D eigenvalue weighted by atomic mass is 10.0. The molecule has 2 amide bonds. The molecule has 2 rings (SSSR count). The van der Waals surface area contributed by atoms with Crippen molar-refractivity contribution in [3.05, 3.63) is 29.0 Å². The first-order chi connectivity index (χ1) is 9.60.